The number of hydrogen-bond donors (Lipinski definition) is 1. The van der Waals surface area contributed by atoms with E-state index in [0.29, 0.717) is 5.41 Å². The number of halogens is 1. The SMILES string of the molecule is CCC(Cl)(CC)C(CC)(CC)CC.N. The van der Waals surface area contributed by atoms with Crippen molar-refractivity contribution >= 4 is 11.6 Å². The van der Waals surface area contributed by atoms with E-state index in [1.165, 1.54) is 19.3 Å². The van der Waals surface area contributed by atoms with Crippen molar-refractivity contribution in [1.82, 2.24) is 6.15 Å². The van der Waals surface area contributed by atoms with Crippen LogP contribution < -0.4 is 6.15 Å². The van der Waals surface area contributed by atoms with Crippen molar-refractivity contribution in [2.45, 2.75) is 71.6 Å². The number of rotatable bonds is 6. The molecule has 0 aliphatic carbocycles. The molecule has 0 aliphatic rings. The second-order valence-electron chi connectivity index (χ2n) is 4.01. The summed E-state index contributed by atoms with van der Waals surface area (Å²) in [6, 6.07) is 0. The molecule has 0 radical (unpaired) electrons. The van der Waals surface area contributed by atoms with Gasteiger partial charge in [0.25, 0.3) is 0 Å². The van der Waals surface area contributed by atoms with Crippen LogP contribution >= 0.6 is 11.6 Å². The summed E-state index contributed by atoms with van der Waals surface area (Å²) < 4.78 is 0. The number of alkyl halides is 1. The van der Waals surface area contributed by atoms with Crippen LogP contribution in [0.4, 0.5) is 0 Å². The minimum atomic E-state index is 0. The lowest BCUT2D eigenvalue weighted by Crippen LogP contribution is -2.41. The zero-order valence-corrected chi connectivity index (χ0v) is 11.4. The molecule has 0 fully saturated rings. The standard InChI is InChI=1S/C12H25Cl.H3N/c1-6-11(7-2,8-3)12(13,9-4)10-5;/h6-10H2,1-5H3;1H3. The van der Waals surface area contributed by atoms with E-state index >= 15 is 0 Å². The van der Waals surface area contributed by atoms with Crippen molar-refractivity contribution in [3.8, 4) is 0 Å². The molecule has 0 saturated carbocycles. The van der Waals surface area contributed by atoms with Crippen LogP contribution in [0.5, 0.6) is 0 Å². The van der Waals surface area contributed by atoms with Crippen LogP contribution in [0.15, 0.2) is 0 Å². The predicted molar refractivity (Wildman–Crippen MR) is 67.5 cm³/mol. The van der Waals surface area contributed by atoms with E-state index in [2.05, 4.69) is 34.6 Å². The molecular formula is C12H28ClN. The first-order chi connectivity index (χ1) is 6.05. The molecule has 0 bridgehead atoms. The Bertz CT molecular complexity index is 129. The van der Waals surface area contributed by atoms with Gasteiger partial charge in [0, 0.05) is 4.87 Å². The quantitative estimate of drug-likeness (QED) is 0.618. The fraction of sp³-hybridized carbons (Fsp3) is 1.00. The molecular weight excluding hydrogens is 194 g/mol. The average molecular weight is 222 g/mol. The van der Waals surface area contributed by atoms with E-state index in [1.54, 1.807) is 0 Å². The highest BCUT2D eigenvalue weighted by molar-refractivity contribution is 6.24. The van der Waals surface area contributed by atoms with Gasteiger partial charge >= 0.3 is 0 Å². The molecule has 0 atom stereocenters. The average Bonchev–Trinajstić information content (AvgIpc) is 2.20. The molecule has 0 aromatic rings. The summed E-state index contributed by atoms with van der Waals surface area (Å²) in [5.41, 5.74) is 0.345. The van der Waals surface area contributed by atoms with Crippen LogP contribution in [0.25, 0.3) is 0 Å². The molecule has 0 saturated heterocycles. The maximum Gasteiger partial charge on any atom is 0.0497 e. The highest BCUT2D eigenvalue weighted by Gasteiger charge is 2.43. The van der Waals surface area contributed by atoms with Crippen molar-refractivity contribution in [3.63, 3.8) is 0 Å². The van der Waals surface area contributed by atoms with Crippen LogP contribution in [-0.2, 0) is 0 Å². The molecule has 0 rings (SSSR count). The van der Waals surface area contributed by atoms with Gasteiger partial charge in [-0.05, 0) is 37.5 Å². The smallest absolute Gasteiger partial charge is 0.0497 e. The maximum absolute atomic E-state index is 6.73. The van der Waals surface area contributed by atoms with Gasteiger partial charge in [-0.2, -0.15) is 0 Å². The molecule has 88 valence electrons. The van der Waals surface area contributed by atoms with Crippen LogP contribution in [0.1, 0.15) is 66.7 Å². The topological polar surface area (TPSA) is 35.0 Å². The van der Waals surface area contributed by atoms with Gasteiger partial charge in [0.15, 0.2) is 0 Å². The van der Waals surface area contributed by atoms with E-state index in [1.807, 2.05) is 0 Å². The third-order valence-corrected chi connectivity index (χ3v) is 5.04. The fourth-order valence-electron chi connectivity index (χ4n) is 2.70. The summed E-state index contributed by atoms with van der Waals surface area (Å²) in [5.74, 6) is 0. The fourth-order valence-corrected chi connectivity index (χ4v) is 3.10. The summed E-state index contributed by atoms with van der Waals surface area (Å²) in [6.45, 7) is 11.2. The summed E-state index contributed by atoms with van der Waals surface area (Å²) in [6.07, 6.45) is 5.77. The van der Waals surface area contributed by atoms with Gasteiger partial charge in [-0.3, -0.25) is 0 Å². The first-order valence-corrected chi connectivity index (χ1v) is 6.12. The van der Waals surface area contributed by atoms with Crippen molar-refractivity contribution in [1.29, 1.82) is 0 Å². The molecule has 0 spiro atoms. The van der Waals surface area contributed by atoms with Gasteiger partial charge in [-0.25, -0.2) is 0 Å². The lowest BCUT2D eigenvalue weighted by molar-refractivity contribution is 0.150. The Morgan fingerprint density at radius 3 is 1.07 bits per heavy atom. The molecule has 0 amide bonds. The van der Waals surface area contributed by atoms with Gasteiger partial charge in [-0.1, -0.05) is 34.6 Å². The lowest BCUT2D eigenvalue weighted by Gasteiger charge is -2.45. The van der Waals surface area contributed by atoms with E-state index in [-0.39, 0.29) is 11.0 Å². The number of hydrogen-bond acceptors (Lipinski definition) is 1. The summed E-state index contributed by atoms with van der Waals surface area (Å²) in [7, 11) is 0. The third-order valence-electron chi connectivity index (χ3n) is 4.10. The van der Waals surface area contributed by atoms with Crippen molar-refractivity contribution in [2.75, 3.05) is 0 Å². The van der Waals surface area contributed by atoms with E-state index < -0.39 is 0 Å². The first-order valence-electron chi connectivity index (χ1n) is 5.74. The van der Waals surface area contributed by atoms with E-state index in [4.69, 9.17) is 11.6 Å². The Balaban J connectivity index is 0. The van der Waals surface area contributed by atoms with Crippen molar-refractivity contribution in [3.05, 3.63) is 0 Å². The van der Waals surface area contributed by atoms with Gasteiger partial charge in [0.1, 0.15) is 0 Å². The van der Waals surface area contributed by atoms with E-state index in [9.17, 15) is 0 Å². The summed E-state index contributed by atoms with van der Waals surface area (Å²) in [5, 5.41) is 0. The van der Waals surface area contributed by atoms with Gasteiger partial charge in [-0.15, -0.1) is 11.6 Å². The van der Waals surface area contributed by atoms with Crippen LogP contribution in [0.2, 0.25) is 0 Å². The minimum Gasteiger partial charge on any atom is -0.344 e. The summed E-state index contributed by atoms with van der Waals surface area (Å²) in [4.78, 5) is 0.0191. The van der Waals surface area contributed by atoms with Crippen LogP contribution in [0, 0.1) is 5.41 Å². The predicted octanol–water partition coefficient (Wildman–Crippen LogP) is 5.16. The zero-order chi connectivity index (χ0) is 10.5. The third kappa shape index (κ3) is 2.64. The molecule has 0 unspecified atom stereocenters. The maximum atomic E-state index is 6.73. The van der Waals surface area contributed by atoms with Crippen molar-refractivity contribution in [2.24, 2.45) is 5.41 Å². The molecule has 0 aliphatic heterocycles. The Morgan fingerprint density at radius 1 is 0.714 bits per heavy atom. The zero-order valence-electron chi connectivity index (χ0n) is 10.6. The minimum absolute atomic E-state index is 0. The Labute approximate surface area is 95.2 Å². The first kappa shape index (κ1) is 16.7. The van der Waals surface area contributed by atoms with Gasteiger partial charge in [0.05, 0.1) is 0 Å². The Kier molecular flexibility index (Phi) is 7.96. The Morgan fingerprint density at radius 2 is 1.00 bits per heavy atom. The second kappa shape index (κ2) is 6.68. The van der Waals surface area contributed by atoms with Crippen molar-refractivity contribution < 1.29 is 0 Å². The van der Waals surface area contributed by atoms with Crippen LogP contribution in [-0.4, -0.2) is 4.87 Å². The molecule has 14 heavy (non-hydrogen) atoms. The monoisotopic (exact) mass is 221 g/mol. The molecule has 0 aromatic carbocycles. The molecule has 0 aromatic heterocycles. The molecule has 3 N–H and O–H groups in total. The molecule has 1 nitrogen and oxygen atoms in total. The van der Waals surface area contributed by atoms with Gasteiger partial charge < -0.3 is 6.15 Å². The van der Waals surface area contributed by atoms with Gasteiger partial charge in [0.2, 0.25) is 0 Å². The highest BCUT2D eigenvalue weighted by atomic mass is 35.5. The Hall–Kier alpha value is 0.250. The summed E-state index contributed by atoms with van der Waals surface area (Å²) >= 11 is 6.73. The molecule has 2 heteroatoms. The normalized spacial score (nSPS) is 12.4. The van der Waals surface area contributed by atoms with E-state index in [0.717, 1.165) is 12.8 Å². The lowest BCUT2D eigenvalue weighted by atomic mass is 9.66. The second-order valence-corrected chi connectivity index (χ2v) is 4.74. The largest absolute Gasteiger partial charge is 0.344 e. The molecule has 0 heterocycles. The highest BCUT2D eigenvalue weighted by Crippen LogP contribution is 2.49. The van der Waals surface area contributed by atoms with Crippen LogP contribution in [0.3, 0.4) is 0 Å².